The number of aliphatic hydroxyl groups excluding tert-OH is 1. The first kappa shape index (κ1) is 21.0. The van der Waals surface area contributed by atoms with Gasteiger partial charge in [0.2, 0.25) is 0 Å². The molecule has 2 aromatic carbocycles. The van der Waals surface area contributed by atoms with E-state index in [1.165, 1.54) is 24.3 Å². The zero-order chi connectivity index (χ0) is 20.5. The molecule has 0 amide bonds. The molecule has 8 nitrogen and oxygen atoms in total. The minimum Gasteiger partial charge on any atom is -0.466 e. The molecule has 0 spiro atoms. The molecular weight excluding hydrogens is 364 g/mol. The van der Waals surface area contributed by atoms with E-state index in [1.807, 2.05) is 30.3 Å². The smallest absolute Gasteiger partial charge is 0.315 e. The third kappa shape index (κ3) is 5.62. The number of esters is 1. The number of nitro benzene ring substituents is 1. The molecule has 0 fully saturated rings. The minimum atomic E-state index is -1.26. The third-order valence-corrected chi connectivity index (χ3v) is 4.06. The second-order valence-electron chi connectivity index (χ2n) is 5.99. The largest absolute Gasteiger partial charge is 0.466 e. The first-order valence-corrected chi connectivity index (χ1v) is 8.75. The van der Waals surface area contributed by atoms with Gasteiger partial charge in [-0.25, -0.2) is 0 Å². The number of rotatable bonds is 9. The lowest BCUT2D eigenvalue weighted by Gasteiger charge is -2.20. The zero-order valence-corrected chi connectivity index (χ0v) is 15.6. The van der Waals surface area contributed by atoms with Crippen LogP contribution in [-0.2, 0) is 14.4 Å². The Morgan fingerprint density at radius 3 is 2.39 bits per heavy atom. The van der Waals surface area contributed by atoms with Crippen molar-refractivity contribution in [1.29, 1.82) is 0 Å². The quantitative estimate of drug-likeness (QED) is 0.306. The van der Waals surface area contributed by atoms with Gasteiger partial charge in [0.15, 0.2) is 0 Å². The Morgan fingerprint density at radius 1 is 1.18 bits per heavy atom. The average molecular weight is 386 g/mol. The first-order valence-electron chi connectivity index (χ1n) is 8.75. The predicted octanol–water partition coefficient (Wildman–Crippen LogP) is 3.25. The van der Waals surface area contributed by atoms with Crippen LogP contribution in [0.5, 0.6) is 0 Å². The highest BCUT2D eigenvalue weighted by Crippen LogP contribution is 2.26. The summed E-state index contributed by atoms with van der Waals surface area (Å²) in [5.74, 6) is -1.67. The Hall–Kier alpha value is -3.26. The van der Waals surface area contributed by atoms with Crippen molar-refractivity contribution in [2.45, 2.75) is 20.0 Å². The van der Waals surface area contributed by atoms with E-state index < -0.39 is 22.9 Å². The summed E-state index contributed by atoms with van der Waals surface area (Å²) < 4.78 is 5.02. The van der Waals surface area contributed by atoms with Gasteiger partial charge in [-0.1, -0.05) is 35.5 Å². The summed E-state index contributed by atoms with van der Waals surface area (Å²) in [6.45, 7) is 3.36. The summed E-state index contributed by atoms with van der Waals surface area (Å²) in [6.07, 6.45) is -1.26. The molecule has 148 valence electrons. The van der Waals surface area contributed by atoms with E-state index in [0.29, 0.717) is 11.3 Å². The number of aliphatic hydroxyl groups is 1. The maximum atomic E-state index is 12.3. The van der Waals surface area contributed by atoms with Gasteiger partial charge in [-0.15, -0.1) is 0 Å². The topological polar surface area (TPSA) is 111 Å². The first-order chi connectivity index (χ1) is 13.4. The van der Waals surface area contributed by atoms with Crippen LogP contribution in [0.4, 0.5) is 5.69 Å². The molecule has 0 radical (unpaired) electrons. The Morgan fingerprint density at radius 2 is 1.82 bits per heavy atom. The van der Waals surface area contributed by atoms with Crippen LogP contribution in [0.2, 0.25) is 0 Å². The van der Waals surface area contributed by atoms with Crippen molar-refractivity contribution in [2.75, 3.05) is 13.2 Å². The van der Waals surface area contributed by atoms with Gasteiger partial charge in [-0.05, 0) is 37.1 Å². The Labute approximate surface area is 162 Å². The molecule has 0 saturated carbocycles. The normalized spacial score (nSPS) is 13.5. The van der Waals surface area contributed by atoms with E-state index >= 15 is 0 Å². The van der Waals surface area contributed by atoms with Crippen LogP contribution in [0.15, 0.2) is 59.8 Å². The molecule has 0 unspecified atom stereocenters. The van der Waals surface area contributed by atoms with Crippen molar-refractivity contribution in [3.63, 3.8) is 0 Å². The molecule has 0 aliphatic carbocycles. The van der Waals surface area contributed by atoms with Gasteiger partial charge in [0, 0.05) is 12.1 Å². The molecule has 0 aromatic heterocycles. The van der Waals surface area contributed by atoms with E-state index in [1.54, 1.807) is 13.8 Å². The number of nitro groups is 1. The van der Waals surface area contributed by atoms with Crippen LogP contribution in [-0.4, -0.2) is 34.9 Å². The van der Waals surface area contributed by atoms with Crippen LogP contribution in [0, 0.1) is 16.0 Å². The fraction of sp³-hybridized carbons (Fsp3) is 0.300. The van der Waals surface area contributed by atoms with Crippen LogP contribution in [0.25, 0.3) is 0 Å². The van der Waals surface area contributed by atoms with Crippen molar-refractivity contribution in [1.82, 2.24) is 0 Å². The van der Waals surface area contributed by atoms with Gasteiger partial charge >= 0.3 is 5.97 Å². The highest BCUT2D eigenvalue weighted by molar-refractivity contribution is 5.98. The van der Waals surface area contributed by atoms with E-state index in [-0.39, 0.29) is 18.9 Å². The molecule has 2 aromatic rings. The number of hydrogen-bond acceptors (Lipinski definition) is 7. The zero-order valence-electron chi connectivity index (χ0n) is 15.6. The summed E-state index contributed by atoms with van der Waals surface area (Å²) in [5, 5.41) is 25.4. The van der Waals surface area contributed by atoms with Crippen molar-refractivity contribution < 1.29 is 24.4 Å². The Balaban J connectivity index is 2.12. The van der Waals surface area contributed by atoms with Gasteiger partial charge in [0.1, 0.15) is 12.5 Å². The summed E-state index contributed by atoms with van der Waals surface area (Å²) in [4.78, 5) is 27.8. The number of hydrogen-bond donors (Lipinski definition) is 1. The maximum absolute atomic E-state index is 12.3. The van der Waals surface area contributed by atoms with Crippen molar-refractivity contribution in [3.8, 4) is 0 Å². The number of benzene rings is 2. The fourth-order valence-electron chi connectivity index (χ4n) is 2.51. The van der Waals surface area contributed by atoms with Crippen LogP contribution in [0.1, 0.15) is 31.1 Å². The van der Waals surface area contributed by atoms with Gasteiger partial charge in [0.25, 0.3) is 5.69 Å². The summed E-state index contributed by atoms with van der Waals surface area (Å²) in [6, 6.07) is 14.7. The standard InChI is InChI=1S/C20H22N2O6/c1-3-27-20(24)18(13-28-21-14(2)15-7-5-4-6-8-15)19(23)16-9-11-17(12-10-16)22(25)26/h4-12,18-19,23H,3,13H2,1-2H3/b21-14+/t18-,19-/m1/s1. The summed E-state index contributed by atoms with van der Waals surface area (Å²) in [5.41, 5.74) is 1.72. The molecule has 0 bridgehead atoms. The lowest BCUT2D eigenvalue weighted by Crippen LogP contribution is -2.28. The number of carbonyl (C=O) groups excluding carboxylic acids is 1. The van der Waals surface area contributed by atoms with Gasteiger partial charge in [-0.3, -0.25) is 14.9 Å². The summed E-state index contributed by atoms with van der Waals surface area (Å²) >= 11 is 0. The molecular formula is C20H22N2O6. The Bertz CT molecular complexity index is 820. The van der Waals surface area contributed by atoms with E-state index in [2.05, 4.69) is 5.16 Å². The van der Waals surface area contributed by atoms with Crippen molar-refractivity contribution in [3.05, 3.63) is 75.8 Å². The Kier molecular flexibility index (Phi) is 7.65. The second kappa shape index (κ2) is 10.2. The minimum absolute atomic E-state index is 0.108. The SMILES string of the molecule is CCOC(=O)[C@H](CO/N=C(\C)c1ccccc1)[C@H](O)c1ccc([N+](=O)[O-])cc1. The van der Waals surface area contributed by atoms with E-state index in [4.69, 9.17) is 9.57 Å². The predicted molar refractivity (Wildman–Crippen MR) is 103 cm³/mol. The molecule has 2 atom stereocenters. The molecule has 0 aliphatic rings. The molecule has 0 saturated heterocycles. The monoisotopic (exact) mass is 386 g/mol. The van der Waals surface area contributed by atoms with Crippen LogP contribution < -0.4 is 0 Å². The molecule has 28 heavy (non-hydrogen) atoms. The highest BCUT2D eigenvalue weighted by atomic mass is 16.6. The van der Waals surface area contributed by atoms with Crippen LogP contribution >= 0.6 is 0 Å². The average Bonchev–Trinajstić information content (AvgIpc) is 2.71. The lowest BCUT2D eigenvalue weighted by atomic mass is 9.96. The molecule has 0 heterocycles. The number of carbonyl (C=O) groups is 1. The van der Waals surface area contributed by atoms with Crippen molar-refractivity contribution in [2.24, 2.45) is 11.1 Å². The number of oxime groups is 1. The van der Waals surface area contributed by atoms with Gasteiger partial charge in [-0.2, -0.15) is 0 Å². The molecule has 1 N–H and O–H groups in total. The van der Waals surface area contributed by atoms with E-state index in [9.17, 15) is 20.0 Å². The van der Waals surface area contributed by atoms with E-state index in [0.717, 1.165) is 5.56 Å². The van der Waals surface area contributed by atoms with Crippen molar-refractivity contribution >= 4 is 17.4 Å². The summed E-state index contributed by atoms with van der Waals surface area (Å²) in [7, 11) is 0. The molecule has 8 heteroatoms. The highest BCUT2D eigenvalue weighted by Gasteiger charge is 2.31. The third-order valence-electron chi connectivity index (χ3n) is 4.06. The molecule has 0 aliphatic heterocycles. The lowest BCUT2D eigenvalue weighted by molar-refractivity contribution is -0.384. The fourth-order valence-corrected chi connectivity index (χ4v) is 2.51. The number of non-ortho nitro benzene ring substituents is 1. The second-order valence-corrected chi connectivity index (χ2v) is 5.99. The number of ether oxygens (including phenoxy) is 1. The maximum Gasteiger partial charge on any atom is 0.315 e. The van der Waals surface area contributed by atoms with Gasteiger partial charge < -0.3 is 14.7 Å². The van der Waals surface area contributed by atoms with Crippen LogP contribution in [0.3, 0.4) is 0 Å². The molecule has 2 rings (SSSR count). The van der Waals surface area contributed by atoms with Gasteiger partial charge in [0.05, 0.1) is 23.3 Å². The number of nitrogens with zero attached hydrogens (tertiary/aromatic N) is 2.